The van der Waals surface area contributed by atoms with Crippen molar-refractivity contribution in [3.8, 4) is 0 Å². The minimum atomic E-state index is 0.284. The molecule has 0 saturated carbocycles. The van der Waals surface area contributed by atoms with E-state index >= 15 is 0 Å². The smallest absolute Gasteiger partial charge is 0.232 e. The standard InChI is InChI=1S/C13H24N6/c1-8-6-9(2)10(3)19(7-8)13-16-11(14)15-12(17-13)18(4)5/h8-10H,6-7H2,1-5H3,(H2,14,15,16,17). The summed E-state index contributed by atoms with van der Waals surface area (Å²) in [5.74, 6) is 2.87. The number of nitrogen functional groups attached to an aromatic ring is 1. The second-order valence-corrected chi connectivity index (χ2v) is 5.90. The van der Waals surface area contributed by atoms with Crippen molar-refractivity contribution >= 4 is 17.8 Å². The topological polar surface area (TPSA) is 71.2 Å². The lowest BCUT2D eigenvalue weighted by molar-refractivity contribution is 0.294. The fourth-order valence-electron chi connectivity index (χ4n) is 2.68. The molecule has 106 valence electrons. The van der Waals surface area contributed by atoms with Gasteiger partial charge in [-0.3, -0.25) is 0 Å². The maximum atomic E-state index is 5.80. The minimum absolute atomic E-state index is 0.284. The van der Waals surface area contributed by atoms with E-state index in [-0.39, 0.29) is 5.95 Å². The molecule has 2 heterocycles. The average molecular weight is 264 g/mol. The number of rotatable bonds is 2. The van der Waals surface area contributed by atoms with Crippen molar-refractivity contribution in [2.24, 2.45) is 11.8 Å². The number of nitrogens with two attached hydrogens (primary N) is 1. The first-order valence-corrected chi connectivity index (χ1v) is 6.84. The van der Waals surface area contributed by atoms with Crippen LogP contribution in [-0.2, 0) is 0 Å². The van der Waals surface area contributed by atoms with Crippen molar-refractivity contribution in [2.75, 3.05) is 36.2 Å². The zero-order valence-electron chi connectivity index (χ0n) is 12.5. The molecule has 0 bridgehead atoms. The van der Waals surface area contributed by atoms with Gasteiger partial charge in [0.15, 0.2) is 0 Å². The van der Waals surface area contributed by atoms with Gasteiger partial charge in [-0.25, -0.2) is 0 Å². The molecular weight excluding hydrogens is 240 g/mol. The van der Waals surface area contributed by atoms with Crippen LogP contribution < -0.4 is 15.5 Å². The lowest BCUT2D eigenvalue weighted by Gasteiger charge is -2.41. The lowest BCUT2D eigenvalue weighted by atomic mass is 9.86. The Morgan fingerprint density at radius 2 is 1.84 bits per heavy atom. The van der Waals surface area contributed by atoms with E-state index in [1.165, 1.54) is 6.42 Å². The summed E-state index contributed by atoms with van der Waals surface area (Å²) in [7, 11) is 3.81. The van der Waals surface area contributed by atoms with Crippen LogP contribution in [0.3, 0.4) is 0 Å². The Morgan fingerprint density at radius 1 is 1.16 bits per heavy atom. The van der Waals surface area contributed by atoms with E-state index in [1.807, 2.05) is 19.0 Å². The molecule has 1 aromatic rings. The van der Waals surface area contributed by atoms with Crippen molar-refractivity contribution in [3.63, 3.8) is 0 Å². The summed E-state index contributed by atoms with van der Waals surface area (Å²) in [4.78, 5) is 17.1. The highest BCUT2D eigenvalue weighted by Crippen LogP contribution is 2.30. The number of piperidine rings is 1. The van der Waals surface area contributed by atoms with Crippen LogP contribution >= 0.6 is 0 Å². The molecule has 1 aliphatic heterocycles. The first kappa shape index (κ1) is 13.8. The number of aromatic nitrogens is 3. The summed E-state index contributed by atoms with van der Waals surface area (Å²) in [5.41, 5.74) is 5.80. The molecule has 6 nitrogen and oxygen atoms in total. The van der Waals surface area contributed by atoms with Gasteiger partial charge < -0.3 is 15.5 Å². The Hall–Kier alpha value is -1.59. The van der Waals surface area contributed by atoms with Gasteiger partial charge in [0.25, 0.3) is 0 Å². The quantitative estimate of drug-likeness (QED) is 0.870. The van der Waals surface area contributed by atoms with Crippen LogP contribution in [0.1, 0.15) is 27.2 Å². The normalized spacial score (nSPS) is 27.4. The molecule has 3 unspecified atom stereocenters. The summed E-state index contributed by atoms with van der Waals surface area (Å²) >= 11 is 0. The van der Waals surface area contributed by atoms with Crippen LogP contribution in [0.25, 0.3) is 0 Å². The van der Waals surface area contributed by atoms with E-state index in [2.05, 4.69) is 40.6 Å². The van der Waals surface area contributed by atoms with E-state index in [4.69, 9.17) is 5.73 Å². The Morgan fingerprint density at radius 3 is 2.47 bits per heavy atom. The van der Waals surface area contributed by atoms with Crippen molar-refractivity contribution in [1.29, 1.82) is 0 Å². The van der Waals surface area contributed by atoms with Crippen LogP contribution in [-0.4, -0.2) is 41.6 Å². The zero-order chi connectivity index (χ0) is 14.2. The van der Waals surface area contributed by atoms with Gasteiger partial charge in [0.05, 0.1) is 0 Å². The van der Waals surface area contributed by atoms with Crippen LogP contribution in [0.15, 0.2) is 0 Å². The molecule has 3 atom stereocenters. The van der Waals surface area contributed by atoms with Gasteiger partial charge >= 0.3 is 0 Å². The molecule has 2 rings (SSSR count). The molecule has 0 aliphatic carbocycles. The molecule has 1 aliphatic rings. The van der Waals surface area contributed by atoms with E-state index < -0.39 is 0 Å². The van der Waals surface area contributed by atoms with E-state index in [0.29, 0.717) is 29.8 Å². The molecule has 1 saturated heterocycles. The number of hydrogen-bond donors (Lipinski definition) is 1. The van der Waals surface area contributed by atoms with Gasteiger partial charge in [-0.1, -0.05) is 13.8 Å². The SMILES string of the molecule is CC1CC(C)C(C)N(c2nc(N)nc(N(C)C)n2)C1. The van der Waals surface area contributed by atoms with Crippen LogP contribution in [0.5, 0.6) is 0 Å². The van der Waals surface area contributed by atoms with Gasteiger partial charge in [0.1, 0.15) is 0 Å². The van der Waals surface area contributed by atoms with Crippen molar-refractivity contribution < 1.29 is 0 Å². The number of nitrogens with zero attached hydrogens (tertiary/aromatic N) is 5. The van der Waals surface area contributed by atoms with Gasteiger partial charge in [-0.15, -0.1) is 0 Å². The largest absolute Gasteiger partial charge is 0.368 e. The number of anilines is 3. The molecule has 19 heavy (non-hydrogen) atoms. The predicted molar refractivity (Wildman–Crippen MR) is 78.3 cm³/mol. The summed E-state index contributed by atoms with van der Waals surface area (Å²) in [6, 6.07) is 0.424. The number of hydrogen-bond acceptors (Lipinski definition) is 6. The molecule has 0 aromatic carbocycles. The third kappa shape index (κ3) is 2.88. The lowest BCUT2D eigenvalue weighted by Crippen LogP contribution is -2.46. The van der Waals surface area contributed by atoms with Crippen LogP contribution in [0.4, 0.5) is 17.8 Å². The predicted octanol–water partition coefficient (Wildman–Crippen LogP) is 1.39. The first-order chi connectivity index (χ1) is 8.88. The van der Waals surface area contributed by atoms with Gasteiger partial charge in [0, 0.05) is 26.7 Å². The monoisotopic (exact) mass is 264 g/mol. The second-order valence-electron chi connectivity index (χ2n) is 5.90. The molecule has 0 spiro atoms. The van der Waals surface area contributed by atoms with E-state index in [9.17, 15) is 0 Å². The second kappa shape index (κ2) is 5.19. The van der Waals surface area contributed by atoms with E-state index in [1.54, 1.807) is 0 Å². The van der Waals surface area contributed by atoms with Gasteiger partial charge in [-0.05, 0) is 25.2 Å². The maximum Gasteiger partial charge on any atom is 0.232 e. The third-order valence-corrected chi connectivity index (χ3v) is 3.88. The highest BCUT2D eigenvalue weighted by Gasteiger charge is 2.30. The average Bonchev–Trinajstić information content (AvgIpc) is 2.32. The fraction of sp³-hybridized carbons (Fsp3) is 0.769. The van der Waals surface area contributed by atoms with Crippen LogP contribution in [0.2, 0.25) is 0 Å². The Balaban J connectivity index is 2.34. The van der Waals surface area contributed by atoms with Crippen molar-refractivity contribution in [1.82, 2.24) is 15.0 Å². The third-order valence-electron chi connectivity index (χ3n) is 3.88. The van der Waals surface area contributed by atoms with E-state index in [0.717, 1.165) is 6.54 Å². The molecule has 1 fully saturated rings. The summed E-state index contributed by atoms with van der Waals surface area (Å²) < 4.78 is 0. The Kier molecular flexibility index (Phi) is 3.78. The maximum absolute atomic E-state index is 5.80. The first-order valence-electron chi connectivity index (χ1n) is 6.84. The Bertz CT molecular complexity index is 447. The summed E-state index contributed by atoms with van der Waals surface area (Å²) in [5, 5.41) is 0. The van der Waals surface area contributed by atoms with Gasteiger partial charge in [-0.2, -0.15) is 15.0 Å². The van der Waals surface area contributed by atoms with Crippen LogP contribution in [0, 0.1) is 11.8 Å². The molecule has 1 aromatic heterocycles. The van der Waals surface area contributed by atoms with Gasteiger partial charge in [0.2, 0.25) is 17.8 Å². The Labute approximate surface area is 115 Å². The van der Waals surface area contributed by atoms with Crippen molar-refractivity contribution in [3.05, 3.63) is 0 Å². The molecule has 0 radical (unpaired) electrons. The highest BCUT2D eigenvalue weighted by atomic mass is 15.4. The minimum Gasteiger partial charge on any atom is -0.368 e. The summed E-state index contributed by atoms with van der Waals surface area (Å²) in [6.45, 7) is 7.76. The molecule has 0 amide bonds. The molecule has 2 N–H and O–H groups in total. The summed E-state index contributed by atoms with van der Waals surface area (Å²) in [6.07, 6.45) is 1.25. The molecular formula is C13H24N6. The zero-order valence-corrected chi connectivity index (χ0v) is 12.5. The fourth-order valence-corrected chi connectivity index (χ4v) is 2.68. The highest BCUT2D eigenvalue weighted by molar-refractivity contribution is 5.43. The molecule has 6 heteroatoms. The van der Waals surface area contributed by atoms with Crippen molar-refractivity contribution in [2.45, 2.75) is 33.2 Å².